The summed E-state index contributed by atoms with van der Waals surface area (Å²) in [5, 5.41) is 40.3. The number of hydrogen-bond donors (Lipinski definition) is 7. The molecule has 0 bridgehead atoms. The van der Waals surface area contributed by atoms with Gasteiger partial charge in [0.05, 0.1) is 13.2 Å². The standard InChI is InChI=1S/C6H12N4O6.H3N/c7-5(1-11,3(13)14)9-10-6(8,2-12)4(15)16;/h11-12H,1-2,7-8H2,(H,13,14)(H,15,16);1H3/b10-9+;. The minimum atomic E-state index is -2.49. The molecule has 2 unspecified atom stereocenters. The highest BCUT2D eigenvalue weighted by molar-refractivity contribution is 5.79. The van der Waals surface area contributed by atoms with Crippen molar-refractivity contribution in [2.24, 2.45) is 21.7 Å². The number of hydrogen-bond acceptors (Lipinski definition) is 9. The summed E-state index contributed by atoms with van der Waals surface area (Å²) in [5.74, 6) is -3.44. The number of nitrogens with zero attached hydrogens (tertiary/aromatic N) is 2. The van der Waals surface area contributed by atoms with Crippen LogP contribution < -0.4 is 17.6 Å². The fraction of sp³-hybridized carbons (Fsp3) is 0.667. The number of aliphatic carboxylic acids is 2. The number of nitrogens with two attached hydrogens (primary N) is 2. The van der Waals surface area contributed by atoms with Gasteiger partial charge in [0.1, 0.15) is 0 Å². The van der Waals surface area contributed by atoms with Crippen molar-refractivity contribution >= 4 is 11.9 Å². The number of rotatable bonds is 6. The second-order valence-electron chi connectivity index (χ2n) is 2.98. The molecule has 0 saturated carbocycles. The number of carbonyl (C=O) groups is 2. The van der Waals surface area contributed by atoms with E-state index in [0.29, 0.717) is 0 Å². The SMILES string of the molecule is N.NC(CO)(/N=N/C(N)(CO)C(=O)O)C(=O)O. The lowest BCUT2D eigenvalue weighted by Crippen LogP contribution is -2.53. The van der Waals surface area contributed by atoms with Crippen LogP contribution in [0.3, 0.4) is 0 Å². The maximum atomic E-state index is 10.5. The largest absolute Gasteiger partial charge is 0.478 e. The monoisotopic (exact) mass is 253 g/mol. The van der Waals surface area contributed by atoms with E-state index in [2.05, 4.69) is 10.2 Å². The van der Waals surface area contributed by atoms with Gasteiger partial charge in [-0.25, -0.2) is 9.59 Å². The summed E-state index contributed by atoms with van der Waals surface area (Å²) in [4.78, 5) is 21.1. The lowest BCUT2D eigenvalue weighted by atomic mass is 10.2. The minimum Gasteiger partial charge on any atom is -0.478 e. The zero-order valence-electron chi connectivity index (χ0n) is 8.78. The highest BCUT2D eigenvalue weighted by Gasteiger charge is 2.38. The number of aliphatic hydroxyl groups excluding tert-OH is 2. The third-order valence-corrected chi connectivity index (χ3v) is 1.63. The van der Waals surface area contributed by atoms with E-state index in [9.17, 15) is 9.59 Å². The number of azo groups is 1. The molecule has 0 amide bonds. The average Bonchev–Trinajstić information content (AvgIpc) is 2.24. The second kappa shape index (κ2) is 6.17. The summed E-state index contributed by atoms with van der Waals surface area (Å²) in [6.45, 7) is -2.21. The predicted molar refractivity (Wildman–Crippen MR) is 53.2 cm³/mol. The molecule has 0 aliphatic heterocycles. The molecule has 0 aliphatic carbocycles. The molecule has 11 nitrogen and oxygen atoms in total. The normalized spacial score (nSPS) is 17.9. The van der Waals surface area contributed by atoms with Crippen LogP contribution in [-0.4, -0.2) is 56.9 Å². The van der Waals surface area contributed by atoms with E-state index in [4.69, 9.17) is 31.9 Å². The Morgan fingerprint density at radius 2 is 1.18 bits per heavy atom. The smallest absolute Gasteiger partial charge is 0.350 e. The summed E-state index contributed by atoms with van der Waals surface area (Å²) in [5.41, 5.74) is 5.14. The molecular weight excluding hydrogens is 238 g/mol. The first-order valence-electron chi connectivity index (χ1n) is 3.92. The molecule has 17 heavy (non-hydrogen) atoms. The van der Waals surface area contributed by atoms with Crippen molar-refractivity contribution in [3.05, 3.63) is 0 Å². The quantitative estimate of drug-likeness (QED) is 0.240. The zero-order chi connectivity index (χ0) is 13.0. The number of aliphatic hydroxyl groups is 2. The number of carboxylic acid groups (broad SMARTS) is 2. The number of carboxylic acids is 2. The van der Waals surface area contributed by atoms with Gasteiger partial charge in [-0.3, -0.25) is 11.5 Å². The van der Waals surface area contributed by atoms with Gasteiger partial charge in [0.25, 0.3) is 0 Å². The fourth-order valence-electron chi connectivity index (χ4n) is 0.462. The van der Waals surface area contributed by atoms with E-state index in [1.54, 1.807) is 0 Å². The Bertz CT molecular complexity index is 292. The van der Waals surface area contributed by atoms with Crippen molar-refractivity contribution in [3.63, 3.8) is 0 Å². The molecule has 11 heteroatoms. The van der Waals surface area contributed by atoms with Gasteiger partial charge in [0.15, 0.2) is 0 Å². The molecule has 0 rings (SSSR count). The van der Waals surface area contributed by atoms with Crippen molar-refractivity contribution in [1.29, 1.82) is 0 Å². The van der Waals surface area contributed by atoms with Crippen LogP contribution in [0.15, 0.2) is 10.2 Å². The van der Waals surface area contributed by atoms with E-state index in [0.717, 1.165) is 0 Å². The van der Waals surface area contributed by atoms with Crippen molar-refractivity contribution in [2.75, 3.05) is 13.2 Å². The minimum absolute atomic E-state index is 0. The summed E-state index contributed by atoms with van der Waals surface area (Å²) in [6.07, 6.45) is 0. The van der Waals surface area contributed by atoms with E-state index in [1.165, 1.54) is 0 Å². The first-order valence-corrected chi connectivity index (χ1v) is 3.92. The first kappa shape index (κ1) is 17.7. The molecule has 0 aliphatic rings. The maximum Gasteiger partial charge on any atom is 0.350 e. The zero-order valence-corrected chi connectivity index (χ0v) is 8.78. The van der Waals surface area contributed by atoms with Gasteiger partial charge in [-0.05, 0) is 0 Å². The molecular formula is C6H15N5O6. The average molecular weight is 253 g/mol. The van der Waals surface area contributed by atoms with Gasteiger partial charge in [0.2, 0.25) is 11.3 Å². The van der Waals surface area contributed by atoms with Crippen LogP contribution in [0.4, 0.5) is 0 Å². The molecule has 2 atom stereocenters. The lowest BCUT2D eigenvalue weighted by molar-refractivity contribution is -0.147. The molecule has 0 aromatic rings. The van der Waals surface area contributed by atoms with E-state index in [-0.39, 0.29) is 6.15 Å². The van der Waals surface area contributed by atoms with Gasteiger partial charge < -0.3 is 26.6 Å². The summed E-state index contributed by atoms with van der Waals surface area (Å²) in [6, 6.07) is 0. The van der Waals surface area contributed by atoms with Crippen LogP contribution in [0.2, 0.25) is 0 Å². The second-order valence-corrected chi connectivity index (χ2v) is 2.98. The van der Waals surface area contributed by atoms with Gasteiger partial charge in [-0.1, -0.05) is 0 Å². The summed E-state index contributed by atoms with van der Waals surface area (Å²) >= 11 is 0. The van der Waals surface area contributed by atoms with Crippen LogP contribution in [0.25, 0.3) is 0 Å². The Labute approximate surface area is 95.3 Å². The maximum absolute atomic E-state index is 10.5. The highest BCUT2D eigenvalue weighted by Crippen LogP contribution is 2.09. The van der Waals surface area contributed by atoms with Crippen molar-refractivity contribution < 1.29 is 30.0 Å². The Morgan fingerprint density at radius 1 is 0.941 bits per heavy atom. The van der Waals surface area contributed by atoms with E-state index >= 15 is 0 Å². The molecule has 0 fully saturated rings. The third kappa shape index (κ3) is 4.01. The van der Waals surface area contributed by atoms with Gasteiger partial charge in [-0.15, -0.1) is 0 Å². The van der Waals surface area contributed by atoms with Crippen molar-refractivity contribution in [1.82, 2.24) is 6.15 Å². The summed E-state index contributed by atoms with van der Waals surface area (Å²) in [7, 11) is 0. The van der Waals surface area contributed by atoms with E-state index in [1.807, 2.05) is 0 Å². The van der Waals surface area contributed by atoms with Crippen LogP contribution in [0.5, 0.6) is 0 Å². The lowest BCUT2D eigenvalue weighted by Gasteiger charge is -2.19. The predicted octanol–water partition coefficient (Wildman–Crippen LogP) is -2.94. The molecule has 0 aromatic carbocycles. The Balaban J connectivity index is 0. The van der Waals surface area contributed by atoms with Crippen molar-refractivity contribution in [2.45, 2.75) is 11.3 Å². The van der Waals surface area contributed by atoms with Gasteiger partial charge >= 0.3 is 11.9 Å². The highest BCUT2D eigenvalue weighted by atomic mass is 16.4. The molecule has 0 saturated heterocycles. The van der Waals surface area contributed by atoms with Crippen LogP contribution in [0.1, 0.15) is 0 Å². The Morgan fingerprint density at radius 3 is 1.29 bits per heavy atom. The Kier molecular flexibility index (Phi) is 6.43. The molecule has 11 N–H and O–H groups in total. The topological polar surface area (TPSA) is 227 Å². The first-order chi connectivity index (χ1) is 7.22. The van der Waals surface area contributed by atoms with Crippen LogP contribution in [-0.2, 0) is 9.59 Å². The molecule has 0 heterocycles. The summed E-state index contributed by atoms with van der Waals surface area (Å²) < 4.78 is 0. The van der Waals surface area contributed by atoms with Crippen LogP contribution >= 0.6 is 0 Å². The van der Waals surface area contributed by atoms with Crippen molar-refractivity contribution in [3.8, 4) is 0 Å². The molecule has 0 aromatic heterocycles. The van der Waals surface area contributed by atoms with Crippen LogP contribution in [0, 0.1) is 0 Å². The molecule has 0 spiro atoms. The van der Waals surface area contributed by atoms with Gasteiger partial charge in [0, 0.05) is 0 Å². The molecule has 100 valence electrons. The fourth-order valence-corrected chi connectivity index (χ4v) is 0.462. The Hall–Kier alpha value is -1.66. The third-order valence-electron chi connectivity index (χ3n) is 1.63. The van der Waals surface area contributed by atoms with E-state index < -0.39 is 36.5 Å². The van der Waals surface area contributed by atoms with Gasteiger partial charge in [-0.2, -0.15) is 10.2 Å². The molecule has 0 radical (unpaired) electrons.